The standard InChI is InChI=1S/C29H20BrClN2O4S/c30-24-14-18(6-12-25(24)37-17-27(34)32-23-10-8-22(31)9-11-23)15-26-28(35)33(29(36)38-26)16-19-5-7-20-3-1-2-4-21(20)13-19/h1-15H,16-17H2,(H,32,34)/b26-15-. The first-order valence-electron chi connectivity index (χ1n) is 11.6. The zero-order chi connectivity index (χ0) is 26.6. The smallest absolute Gasteiger partial charge is 0.293 e. The van der Waals surface area contributed by atoms with E-state index in [1.807, 2.05) is 42.5 Å². The van der Waals surface area contributed by atoms with Gasteiger partial charge in [0.15, 0.2) is 6.61 Å². The topological polar surface area (TPSA) is 75.7 Å². The molecule has 190 valence electrons. The Morgan fingerprint density at radius 1 is 0.974 bits per heavy atom. The number of halogens is 2. The third-order valence-electron chi connectivity index (χ3n) is 5.77. The van der Waals surface area contributed by atoms with E-state index in [4.69, 9.17) is 16.3 Å². The molecule has 4 aromatic carbocycles. The maximum atomic E-state index is 13.0. The molecule has 0 saturated carbocycles. The van der Waals surface area contributed by atoms with E-state index in [1.165, 1.54) is 4.90 Å². The number of hydrogen-bond acceptors (Lipinski definition) is 5. The summed E-state index contributed by atoms with van der Waals surface area (Å²) in [4.78, 5) is 39.4. The minimum atomic E-state index is -0.330. The van der Waals surface area contributed by atoms with Crippen LogP contribution in [0.5, 0.6) is 5.75 Å². The van der Waals surface area contributed by atoms with Crippen LogP contribution in [-0.4, -0.2) is 28.6 Å². The monoisotopic (exact) mass is 606 g/mol. The summed E-state index contributed by atoms with van der Waals surface area (Å²) in [6.07, 6.45) is 1.67. The molecule has 4 aromatic rings. The number of anilines is 1. The molecule has 5 rings (SSSR count). The van der Waals surface area contributed by atoms with Gasteiger partial charge in [0.25, 0.3) is 17.1 Å². The number of thioether (sulfide) groups is 1. The number of benzene rings is 4. The molecule has 38 heavy (non-hydrogen) atoms. The summed E-state index contributed by atoms with van der Waals surface area (Å²) in [7, 11) is 0. The van der Waals surface area contributed by atoms with E-state index in [9.17, 15) is 14.4 Å². The van der Waals surface area contributed by atoms with E-state index in [0.29, 0.717) is 31.4 Å². The fourth-order valence-electron chi connectivity index (χ4n) is 3.90. The second-order valence-corrected chi connectivity index (χ2v) is 10.8. The van der Waals surface area contributed by atoms with Gasteiger partial charge >= 0.3 is 0 Å². The molecule has 3 amide bonds. The zero-order valence-electron chi connectivity index (χ0n) is 19.8. The van der Waals surface area contributed by atoms with Gasteiger partial charge in [-0.3, -0.25) is 19.3 Å². The van der Waals surface area contributed by atoms with Crippen molar-refractivity contribution < 1.29 is 19.1 Å². The lowest BCUT2D eigenvalue weighted by Gasteiger charge is -2.13. The SMILES string of the molecule is O=C(COc1ccc(/C=C2\SC(=O)N(Cc3ccc4ccccc4c3)C2=O)cc1Br)Nc1ccc(Cl)cc1. The Bertz CT molecular complexity index is 1590. The number of nitrogens with zero attached hydrogens (tertiary/aromatic N) is 1. The summed E-state index contributed by atoms with van der Waals surface area (Å²) in [5.41, 5.74) is 2.22. The fourth-order valence-corrected chi connectivity index (χ4v) is 5.38. The molecule has 0 aliphatic carbocycles. The van der Waals surface area contributed by atoms with Gasteiger partial charge in [-0.05, 0) is 98.1 Å². The summed E-state index contributed by atoms with van der Waals surface area (Å²) in [5, 5.41) is 5.17. The number of nitrogens with one attached hydrogen (secondary N) is 1. The van der Waals surface area contributed by atoms with Crippen LogP contribution in [0.2, 0.25) is 5.02 Å². The Morgan fingerprint density at radius 3 is 2.50 bits per heavy atom. The number of carbonyl (C=O) groups is 3. The molecule has 0 spiro atoms. The molecule has 0 unspecified atom stereocenters. The molecular formula is C29H20BrClN2O4S. The summed E-state index contributed by atoms with van der Waals surface area (Å²) in [5.74, 6) is -0.176. The van der Waals surface area contributed by atoms with Gasteiger partial charge in [0.05, 0.1) is 15.9 Å². The second kappa shape index (κ2) is 11.4. The quantitative estimate of drug-likeness (QED) is 0.220. The van der Waals surface area contributed by atoms with Crippen LogP contribution in [0.25, 0.3) is 16.8 Å². The van der Waals surface area contributed by atoms with Crippen LogP contribution in [0.15, 0.2) is 94.3 Å². The number of ether oxygens (including phenoxy) is 1. The average molecular weight is 608 g/mol. The molecule has 0 bridgehead atoms. The third kappa shape index (κ3) is 6.10. The molecule has 1 heterocycles. The molecule has 9 heteroatoms. The van der Waals surface area contributed by atoms with Gasteiger partial charge in [-0.25, -0.2) is 0 Å². The fraction of sp³-hybridized carbons (Fsp3) is 0.0690. The van der Waals surface area contributed by atoms with Gasteiger partial charge in [-0.1, -0.05) is 54.1 Å². The molecule has 0 radical (unpaired) electrons. The summed E-state index contributed by atoms with van der Waals surface area (Å²) >= 11 is 10.2. The lowest BCUT2D eigenvalue weighted by molar-refractivity contribution is -0.123. The molecule has 6 nitrogen and oxygen atoms in total. The molecular weight excluding hydrogens is 588 g/mol. The molecule has 1 aliphatic rings. The number of amides is 3. The normalized spacial score (nSPS) is 14.4. The van der Waals surface area contributed by atoms with Crippen LogP contribution in [0.1, 0.15) is 11.1 Å². The van der Waals surface area contributed by atoms with E-state index in [2.05, 4.69) is 21.2 Å². The molecule has 1 saturated heterocycles. The van der Waals surface area contributed by atoms with E-state index in [0.717, 1.165) is 28.1 Å². The number of carbonyl (C=O) groups excluding carboxylic acids is 3. The number of fused-ring (bicyclic) bond motifs is 1. The van der Waals surface area contributed by atoms with Gasteiger partial charge in [0.2, 0.25) is 0 Å². The van der Waals surface area contributed by atoms with E-state index in [-0.39, 0.29) is 30.2 Å². The van der Waals surface area contributed by atoms with E-state index >= 15 is 0 Å². The van der Waals surface area contributed by atoms with Gasteiger partial charge in [0, 0.05) is 10.7 Å². The van der Waals surface area contributed by atoms with E-state index < -0.39 is 0 Å². The Balaban J connectivity index is 1.22. The predicted octanol–water partition coefficient (Wildman–Crippen LogP) is 7.51. The molecule has 0 atom stereocenters. The number of hydrogen-bond donors (Lipinski definition) is 1. The number of rotatable bonds is 7. The first kappa shape index (κ1) is 26.0. The largest absolute Gasteiger partial charge is 0.483 e. The van der Waals surface area contributed by atoms with Crippen LogP contribution in [0, 0.1) is 0 Å². The summed E-state index contributed by atoms with van der Waals surface area (Å²) < 4.78 is 6.24. The highest BCUT2D eigenvalue weighted by Gasteiger charge is 2.35. The summed E-state index contributed by atoms with van der Waals surface area (Å²) in [6, 6.07) is 25.9. The minimum Gasteiger partial charge on any atom is -0.483 e. The van der Waals surface area contributed by atoms with Crippen LogP contribution in [0.4, 0.5) is 10.5 Å². The Morgan fingerprint density at radius 2 is 1.74 bits per heavy atom. The first-order valence-corrected chi connectivity index (χ1v) is 13.6. The first-order chi connectivity index (χ1) is 18.4. The molecule has 0 aromatic heterocycles. The van der Waals surface area contributed by atoms with Crippen LogP contribution >= 0.6 is 39.3 Å². The van der Waals surface area contributed by atoms with Crippen LogP contribution in [0.3, 0.4) is 0 Å². The van der Waals surface area contributed by atoms with Crippen molar-refractivity contribution in [2.75, 3.05) is 11.9 Å². The predicted molar refractivity (Wildman–Crippen MR) is 155 cm³/mol. The Hall–Kier alpha value is -3.59. The van der Waals surface area contributed by atoms with Crippen molar-refractivity contribution >= 4 is 78.9 Å². The van der Waals surface area contributed by atoms with Crippen LogP contribution in [-0.2, 0) is 16.1 Å². The van der Waals surface area contributed by atoms with Crippen molar-refractivity contribution in [1.29, 1.82) is 0 Å². The van der Waals surface area contributed by atoms with Gasteiger partial charge in [-0.2, -0.15) is 0 Å². The van der Waals surface area contributed by atoms with Crippen molar-refractivity contribution in [2.45, 2.75) is 6.54 Å². The highest BCUT2D eigenvalue weighted by atomic mass is 79.9. The van der Waals surface area contributed by atoms with Gasteiger partial charge in [0.1, 0.15) is 5.75 Å². The third-order valence-corrected chi connectivity index (χ3v) is 7.55. The molecule has 1 aliphatic heterocycles. The van der Waals surface area contributed by atoms with Crippen LogP contribution < -0.4 is 10.1 Å². The second-order valence-electron chi connectivity index (χ2n) is 8.48. The van der Waals surface area contributed by atoms with Gasteiger partial charge in [-0.15, -0.1) is 0 Å². The average Bonchev–Trinajstić information content (AvgIpc) is 3.16. The van der Waals surface area contributed by atoms with E-state index in [1.54, 1.807) is 48.5 Å². The lowest BCUT2D eigenvalue weighted by Crippen LogP contribution is -2.27. The van der Waals surface area contributed by atoms with Crippen molar-refractivity contribution in [1.82, 2.24) is 4.90 Å². The van der Waals surface area contributed by atoms with Crippen molar-refractivity contribution in [3.05, 3.63) is 110 Å². The maximum Gasteiger partial charge on any atom is 0.293 e. The Kier molecular flexibility index (Phi) is 7.83. The lowest BCUT2D eigenvalue weighted by atomic mass is 10.1. The Labute approximate surface area is 236 Å². The molecule has 1 fully saturated rings. The number of imide groups is 1. The molecule has 1 N–H and O–H groups in total. The van der Waals surface area contributed by atoms with Crippen molar-refractivity contribution in [2.24, 2.45) is 0 Å². The highest BCUT2D eigenvalue weighted by molar-refractivity contribution is 9.10. The minimum absolute atomic E-state index is 0.186. The van der Waals surface area contributed by atoms with Crippen molar-refractivity contribution in [3.63, 3.8) is 0 Å². The summed E-state index contributed by atoms with van der Waals surface area (Å²) in [6.45, 7) is 0.0234. The maximum absolute atomic E-state index is 13.0. The highest BCUT2D eigenvalue weighted by Crippen LogP contribution is 2.35. The van der Waals surface area contributed by atoms with Gasteiger partial charge < -0.3 is 10.1 Å². The zero-order valence-corrected chi connectivity index (χ0v) is 23.0. The van der Waals surface area contributed by atoms with Crippen molar-refractivity contribution in [3.8, 4) is 5.75 Å².